The summed E-state index contributed by atoms with van der Waals surface area (Å²) in [6.45, 7) is 0. The first-order valence-corrected chi connectivity index (χ1v) is 7.91. The summed E-state index contributed by atoms with van der Waals surface area (Å²) in [4.78, 5) is 24.3. The number of carbonyl (C=O) groups is 2. The molecule has 3 fully saturated rings. The molecule has 2 atom stereocenters. The fraction of sp³-hybridized carbons (Fsp3) is 0.529. The summed E-state index contributed by atoms with van der Waals surface area (Å²) in [5, 5.41) is 5.94. The number of nitrogens with one attached hydrogen (secondary N) is 2. The van der Waals surface area contributed by atoms with Crippen LogP contribution in [0.3, 0.4) is 0 Å². The van der Waals surface area contributed by atoms with Gasteiger partial charge in [-0.1, -0.05) is 6.07 Å². The fourth-order valence-corrected chi connectivity index (χ4v) is 3.41. The van der Waals surface area contributed by atoms with Gasteiger partial charge in [0.25, 0.3) is 5.91 Å². The molecule has 21 heavy (non-hydrogen) atoms. The maximum atomic E-state index is 12.2. The van der Waals surface area contributed by atoms with Crippen LogP contribution in [-0.2, 0) is 4.79 Å². The zero-order valence-corrected chi connectivity index (χ0v) is 12.0. The van der Waals surface area contributed by atoms with Gasteiger partial charge in [0, 0.05) is 23.2 Å². The Morgan fingerprint density at radius 1 is 1.05 bits per heavy atom. The molecule has 0 radical (unpaired) electrons. The zero-order chi connectivity index (χ0) is 14.4. The van der Waals surface area contributed by atoms with Crippen molar-refractivity contribution in [3.05, 3.63) is 29.8 Å². The van der Waals surface area contributed by atoms with Crippen molar-refractivity contribution in [3.63, 3.8) is 0 Å². The van der Waals surface area contributed by atoms with Crippen molar-refractivity contribution in [1.82, 2.24) is 5.32 Å². The molecular weight excluding hydrogens is 264 g/mol. The number of amides is 2. The molecule has 1 aromatic rings. The quantitative estimate of drug-likeness (QED) is 0.892. The first-order valence-electron chi connectivity index (χ1n) is 7.91. The monoisotopic (exact) mass is 284 g/mol. The zero-order valence-electron chi connectivity index (χ0n) is 12.0. The van der Waals surface area contributed by atoms with Crippen LogP contribution in [0.1, 0.15) is 42.5 Å². The van der Waals surface area contributed by atoms with E-state index in [9.17, 15) is 9.59 Å². The maximum Gasteiger partial charge on any atom is 0.251 e. The summed E-state index contributed by atoms with van der Waals surface area (Å²) in [7, 11) is 0. The summed E-state index contributed by atoms with van der Waals surface area (Å²) in [5.41, 5.74) is 1.35. The van der Waals surface area contributed by atoms with Gasteiger partial charge in [-0.05, 0) is 62.1 Å². The Hall–Kier alpha value is -1.84. The van der Waals surface area contributed by atoms with E-state index in [2.05, 4.69) is 10.6 Å². The highest BCUT2D eigenvalue weighted by Gasteiger charge is 2.47. The molecule has 0 heterocycles. The Bertz CT molecular complexity index is 584. The van der Waals surface area contributed by atoms with Gasteiger partial charge in [-0.3, -0.25) is 9.59 Å². The van der Waals surface area contributed by atoms with Gasteiger partial charge < -0.3 is 10.6 Å². The van der Waals surface area contributed by atoms with Crippen molar-refractivity contribution in [3.8, 4) is 0 Å². The Morgan fingerprint density at radius 3 is 2.52 bits per heavy atom. The molecule has 110 valence electrons. The van der Waals surface area contributed by atoms with Crippen LogP contribution >= 0.6 is 0 Å². The van der Waals surface area contributed by atoms with E-state index in [0.29, 0.717) is 11.6 Å². The minimum absolute atomic E-state index is 0.0456. The van der Waals surface area contributed by atoms with Crippen LogP contribution in [0.2, 0.25) is 0 Å². The largest absolute Gasteiger partial charge is 0.349 e. The van der Waals surface area contributed by atoms with Crippen LogP contribution in [0, 0.1) is 17.8 Å². The van der Waals surface area contributed by atoms with Gasteiger partial charge in [0.15, 0.2) is 0 Å². The Balaban J connectivity index is 1.40. The predicted molar refractivity (Wildman–Crippen MR) is 79.9 cm³/mol. The lowest BCUT2D eigenvalue weighted by atomic mass is 10.0. The summed E-state index contributed by atoms with van der Waals surface area (Å²) >= 11 is 0. The van der Waals surface area contributed by atoms with Crippen LogP contribution in [0.25, 0.3) is 0 Å². The number of fused-ring (bicyclic) bond motifs is 1. The number of anilines is 1. The van der Waals surface area contributed by atoms with Gasteiger partial charge >= 0.3 is 0 Å². The first kappa shape index (κ1) is 12.9. The molecule has 4 rings (SSSR count). The predicted octanol–water partition coefficient (Wildman–Crippen LogP) is 2.56. The van der Waals surface area contributed by atoms with Crippen LogP contribution in [0.5, 0.6) is 0 Å². The van der Waals surface area contributed by atoms with Gasteiger partial charge in [0.05, 0.1) is 0 Å². The second-order valence-corrected chi connectivity index (χ2v) is 6.74. The molecule has 0 saturated heterocycles. The summed E-state index contributed by atoms with van der Waals surface area (Å²) in [6, 6.07) is 7.58. The van der Waals surface area contributed by atoms with E-state index < -0.39 is 0 Å². The van der Waals surface area contributed by atoms with E-state index in [1.165, 1.54) is 6.42 Å². The molecule has 0 bridgehead atoms. The van der Waals surface area contributed by atoms with Gasteiger partial charge in [-0.15, -0.1) is 0 Å². The number of rotatable bonds is 4. The minimum atomic E-state index is -0.0456. The molecule has 2 N–H and O–H groups in total. The van der Waals surface area contributed by atoms with Crippen LogP contribution in [-0.4, -0.2) is 17.9 Å². The second-order valence-electron chi connectivity index (χ2n) is 6.74. The highest BCUT2D eigenvalue weighted by atomic mass is 16.2. The van der Waals surface area contributed by atoms with E-state index >= 15 is 0 Å². The lowest BCUT2D eigenvalue weighted by Gasteiger charge is -2.13. The lowest BCUT2D eigenvalue weighted by molar-refractivity contribution is -0.120. The van der Waals surface area contributed by atoms with Crippen LogP contribution < -0.4 is 10.6 Å². The van der Waals surface area contributed by atoms with E-state index in [0.717, 1.165) is 43.2 Å². The van der Waals surface area contributed by atoms with Crippen molar-refractivity contribution in [1.29, 1.82) is 0 Å². The summed E-state index contributed by atoms with van der Waals surface area (Å²) < 4.78 is 0. The normalized spacial score (nSPS) is 29.6. The minimum Gasteiger partial charge on any atom is -0.349 e. The highest BCUT2D eigenvalue weighted by molar-refractivity contribution is 5.98. The SMILES string of the molecule is O=C(NC1CC1)c1cccc(NC(=O)C2CC3CC3C2)c1. The van der Waals surface area contributed by atoms with Crippen molar-refractivity contribution in [2.75, 3.05) is 5.32 Å². The Labute approximate surface area is 124 Å². The van der Waals surface area contributed by atoms with E-state index in [1.54, 1.807) is 12.1 Å². The van der Waals surface area contributed by atoms with Crippen molar-refractivity contribution in [2.24, 2.45) is 17.8 Å². The van der Waals surface area contributed by atoms with E-state index in [-0.39, 0.29) is 17.7 Å². The molecule has 2 amide bonds. The standard InChI is InChI=1S/C17H20N2O2/c20-16(18-14-4-5-14)10-2-1-3-15(9-10)19-17(21)13-7-11-6-12(11)8-13/h1-3,9,11-14H,4-8H2,(H,18,20)(H,19,21). The van der Waals surface area contributed by atoms with E-state index in [4.69, 9.17) is 0 Å². The van der Waals surface area contributed by atoms with Crippen molar-refractivity contribution >= 4 is 17.5 Å². The molecule has 0 aromatic heterocycles. The van der Waals surface area contributed by atoms with Gasteiger partial charge in [0.2, 0.25) is 5.91 Å². The average molecular weight is 284 g/mol. The maximum absolute atomic E-state index is 12.2. The van der Waals surface area contributed by atoms with Gasteiger partial charge in [0.1, 0.15) is 0 Å². The number of benzene rings is 1. The van der Waals surface area contributed by atoms with Crippen molar-refractivity contribution in [2.45, 2.75) is 38.1 Å². The number of hydrogen-bond donors (Lipinski definition) is 2. The Kier molecular flexibility index (Phi) is 2.98. The fourth-order valence-electron chi connectivity index (χ4n) is 3.41. The highest BCUT2D eigenvalue weighted by Crippen LogP contribution is 2.54. The van der Waals surface area contributed by atoms with E-state index in [1.807, 2.05) is 12.1 Å². The number of hydrogen-bond acceptors (Lipinski definition) is 2. The number of carbonyl (C=O) groups excluding carboxylic acids is 2. The first-order chi connectivity index (χ1) is 10.2. The third-order valence-corrected chi connectivity index (χ3v) is 4.92. The smallest absolute Gasteiger partial charge is 0.251 e. The van der Waals surface area contributed by atoms with Gasteiger partial charge in [-0.25, -0.2) is 0 Å². The van der Waals surface area contributed by atoms with Crippen LogP contribution in [0.4, 0.5) is 5.69 Å². The third kappa shape index (κ3) is 2.80. The molecule has 0 aliphatic heterocycles. The topological polar surface area (TPSA) is 58.2 Å². The van der Waals surface area contributed by atoms with Gasteiger partial charge in [-0.2, -0.15) is 0 Å². The van der Waals surface area contributed by atoms with Crippen molar-refractivity contribution < 1.29 is 9.59 Å². The third-order valence-electron chi connectivity index (χ3n) is 4.92. The molecular formula is C17H20N2O2. The molecule has 1 aromatic carbocycles. The van der Waals surface area contributed by atoms with Crippen LogP contribution in [0.15, 0.2) is 24.3 Å². The second kappa shape index (κ2) is 4.86. The molecule has 3 saturated carbocycles. The summed E-state index contributed by atoms with van der Waals surface area (Å²) in [5.74, 6) is 1.84. The Morgan fingerprint density at radius 2 is 1.81 bits per heavy atom. The molecule has 4 heteroatoms. The lowest BCUT2D eigenvalue weighted by Crippen LogP contribution is -2.26. The molecule has 2 unspecified atom stereocenters. The summed E-state index contributed by atoms with van der Waals surface area (Å²) in [6.07, 6.45) is 5.55. The molecule has 4 nitrogen and oxygen atoms in total. The molecule has 3 aliphatic rings. The average Bonchev–Trinajstić information content (AvgIpc) is 3.40. The molecule has 3 aliphatic carbocycles. The molecule has 0 spiro atoms.